The molecule has 2 aliphatic rings. The fraction of sp³-hybridized carbons (Fsp3) is 0.481. The number of hydrogen-bond acceptors (Lipinski definition) is 5. The number of H-pyrrole nitrogens is 1. The standard InChI is InChI=1S/C27H30F3N5O3/c1-13-22(27(37)35-20-7-6-17(10-19(20)28)34-14(2)36)24-25(33-13)23(31-12-32-24)18-9-16(26(29)30)5-8-21(18)38-11-15-3-4-15/h5,8-9,12,15,17,19-20,26,33H,3-4,6-7,10-11H2,1-2H3,(H,34,36)(H,35,37)/t17-,19-,20-/m1/s1. The maximum Gasteiger partial charge on any atom is 0.263 e. The number of benzene rings is 1. The van der Waals surface area contributed by atoms with Gasteiger partial charge in [-0.3, -0.25) is 9.59 Å². The quantitative estimate of drug-likeness (QED) is 0.389. The molecule has 202 valence electrons. The van der Waals surface area contributed by atoms with Crippen molar-refractivity contribution in [1.29, 1.82) is 0 Å². The lowest BCUT2D eigenvalue weighted by molar-refractivity contribution is -0.120. The molecule has 0 bridgehead atoms. The molecule has 0 unspecified atom stereocenters. The molecule has 2 fully saturated rings. The molecular weight excluding hydrogens is 499 g/mol. The van der Waals surface area contributed by atoms with Gasteiger partial charge >= 0.3 is 0 Å². The topological polar surface area (TPSA) is 109 Å². The SMILES string of the molecule is CC(=O)N[C@@H]1CC[C@@H](NC(=O)c2c(C)[nH]c3c(-c4cc(C(F)F)ccc4OCC4CC4)ncnc23)[C@H](F)C1. The summed E-state index contributed by atoms with van der Waals surface area (Å²) < 4.78 is 47.9. The van der Waals surface area contributed by atoms with Crippen LogP contribution in [0.2, 0.25) is 0 Å². The second-order valence-electron chi connectivity index (χ2n) is 10.2. The van der Waals surface area contributed by atoms with Crippen molar-refractivity contribution in [1.82, 2.24) is 25.6 Å². The molecule has 8 nitrogen and oxygen atoms in total. The third kappa shape index (κ3) is 5.46. The number of nitrogens with one attached hydrogen (secondary N) is 3. The Balaban J connectivity index is 1.44. The molecule has 1 aromatic carbocycles. The van der Waals surface area contributed by atoms with Crippen molar-refractivity contribution >= 4 is 22.8 Å². The molecule has 38 heavy (non-hydrogen) atoms. The van der Waals surface area contributed by atoms with E-state index in [1.807, 2.05) is 0 Å². The van der Waals surface area contributed by atoms with E-state index in [4.69, 9.17) is 4.74 Å². The zero-order valence-corrected chi connectivity index (χ0v) is 21.2. The molecule has 2 saturated carbocycles. The Morgan fingerprint density at radius 3 is 2.63 bits per heavy atom. The maximum atomic E-state index is 14.9. The van der Waals surface area contributed by atoms with Gasteiger partial charge in [-0.15, -0.1) is 0 Å². The molecule has 11 heteroatoms. The molecular formula is C27H30F3N5O3. The van der Waals surface area contributed by atoms with E-state index in [1.54, 1.807) is 6.92 Å². The average Bonchev–Trinajstić information content (AvgIpc) is 3.63. The molecule has 3 N–H and O–H groups in total. The van der Waals surface area contributed by atoms with Crippen LogP contribution >= 0.6 is 0 Å². The number of carbonyl (C=O) groups excluding carboxylic acids is 2. The van der Waals surface area contributed by atoms with Crippen molar-refractivity contribution in [2.45, 2.75) is 70.6 Å². The van der Waals surface area contributed by atoms with Gasteiger partial charge in [0.1, 0.15) is 29.5 Å². The van der Waals surface area contributed by atoms with Crippen LogP contribution in [0, 0.1) is 12.8 Å². The number of halogens is 3. The highest BCUT2D eigenvalue weighted by molar-refractivity contribution is 6.09. The van der Waals surface area contributed by atoms with Crippen molar-refractivity contribution in [3.8, 4) is 17.0 Å². The van der Waals surface area contributed by atoms with Gasteiger partial charge in [0.25, 0.3) is 12.3 Å². The van der Waals surface area contributed by atoms with E-state index in [0.29, 0.717) is 59.1 Å². The first-order chi connectivity index (χ1) is 18.2. The van der Waals surface area contributed by atoms with Gasteiger partial charge in [-0.1, -0.05) is 0 Å². The van der Waals surface area contributed by atoms with E-state index >= 15 is 0 Å². The summed E-state index contributed by atoms with van der Waals surface area (Å²) in [4.78, 5) is 36.4. The second kappa shape index (κ2) is 10.6. The highest BCUT2D eigenvalue weighted by Crippen LogP contribution is 2.38. The van der Waals surface area contributed by atoms with Crippen LogP contribution in [0.3, 0.4) is 0 Å². The normalized spacial score (nSPS) is 21.5. The van der Waals surface area contributed by atoms with Gasteiger partial charge in [-0.2, -0.15) is 0 Å². The van der Waals surface area contributed by atoms with Crippen LogP contribution in [0.4, 0.5) is 13.2 Å². The summed E-state index contributed by atoms with van der Waals surface area (Å²) in [5, 5.41) is 5.51. The summed E-state index contributed by atoms with van der Waals surface area (Å²) in [6, 6.07) is 3.24. The highest BCUT2D eigenvalue weighted by atomic mass is 19.3. The number of aryl methyl sites for hydroxylation is 1. The lowest BCUT2D eigenvalue weighted by Gasteiger charge is -2.32. The Hall–Kier alpha value is -3.63. The third-order valence-corrected chi connectivity index (χ3v) is 7.18. The summed E-state index contributed by atoms with van der Waals surface area (Å²) in [6.07, 6.45) is 0.478. The summed E-state index contributed by atoms with van der Waals surface area (Å²) in [6.45, 7) is 3.57. The number of rotatable bonds is 8. The van der Waals surface area contributed by atoms with Gasteiger partial charge in [-0.25, -0.2) is 23.1 Å². The van der Waals surface area contributed by atoms with E-state index in [9.17, 15) is 22.8 Å². The van der Waals surface area contributed by atoms with E-state index in [-0.39, 0.29) is 29.5 Å². The Labute approximate surface area is 217 Å². The van der Waals surface area contributed by atoms with Gasteiger partial charge < -0.3 is 20.4 Å². The van der Waals surface area contributed by atoms with Crippen molar-refractivity contribution in [3.05, 3.63) is 41.3 Å². The monoisotopic (exact) mass is 529 g/mol. The van der Waals surface area contributed by atoms with Crippen LogP contribution in [0.5, 0.6) is 5.75 Å². The lowest BCUT2D eigenvalue weighted by Crippen LogP contribution is -2.49. The third-order valence-electron chi connectivity index (χ3n) is 7.18. The maximum absolute atomic E-state index is 14.9. The van der Waals surface area contributed by atoms with Crippen LogP contribution in [0.15, 0.2) is 24.5 Å². The molecule has 0 saturated heterocycles. The summed E-state index contributed by atoms with van der Waals surface area (Å²) in [5.74, 6) is 0.180. The Morgan fingerprint density at radius 2 is 1.95 bits per heavy atom. The molecule has 3 aromatic rings. The minimum atomic E-state index is -2.68. The first-order valence-corrected chi connectivity index (χ1v) is 12.8. The van der Waals surface area contributed by atoms with E-state index in [0.717, 1.165) is 12.8 Å². The summed E-state index contributed by atoms with van der Waals surface area (Å²) in [5.41, 5.74) is 1.99. The molecule has 0 radical (unpaired) electrons. The Kier molecular flexibility index (Phi) is 7.27. The molecule has 2 amide bonds. The zero-order chi connectivity index (χ0) is 27.0. The minimum absolute atomic E-state index is 0.119. The van der Waals surface area contributed by atoms with Crippen molar-refractivity contribution < 1.29 is 27.5 Å². The van der Waals surface area contributed by atoms with Crippen LogP contribution in [0.25, 0.3) is 22.3 Å². The molecule has 3 atom stereocenters. The molecule has 5 rings (SSSR count). The van der Waals surface area contributed by atoms with E-state index in [1.165, 1.54) is 31.5 Å². The fourth-order valence-corrected chi connectivity index (χ4v) is 5.03. The van der Waals surface area contributed by atoms with Gasteiger partial charge in [0.2, 0.25) is 5.91 Å². The Bertz CT molecular complexity index is 1360. The highest BCUT2D eigenvalue weighted by Gasteiger charge is 2.33. The second-order valence-corrected chi connectivity index (χ2v) is 10.2. The number of aromatic nitrogens is 3. The smallest absolute Gasteiger partial charge is 0.263 e. The lowest BCUT2D eigenvalue weighted by atomic mass is 9.89. The van der Waals surface area contributed by atoms with Crippen molar-refractivity contribution in [2.75, 3.05) is 6.61 Å². The predicted octanol–water partition coefficient (Wildman–Crippen LogP) is 4.78. The number of ether oxygens (including phenoxy) is 1. The first kappa shape index (κ1) is 26.0. The fourth-order valence-electron chi connectivity index (χ4n) is 5.03. The molecule has 0 aliphatic heterocycles. The van der Waals surface area contributed by atoms with Gasteiger partial charge in [0, 0.05) is 36.2 Å². The number of carbonyl (C=O) groups is 2. The van der Waals surface area contributed by atoms with E-state index in [2.05, 4.69) is 25.6 Å². The first-order valence-electron chi connectivity index (χ1n) is 12.8. The predicted molar refractivity (Wildman–Crippen MR) is 135 cm³/mol. The van der Waals surface area contributed by atoms with E-state index < -0.39 is 24.5 Å². The number of fused-ring (bicyclic) bond motifs is 1. The molecule has 2 heterocycles. The number of alkyl halides is 3. The zero-order valence-electron chi connectivity index (χ0n) is 21.2. The van der Waals surface area contributed by atoms with Gasteiger partial charge in [0.05, 0.1) is 23.7 Å². The molecule has 2 aromatic heterocycles. The summed E-state index contributed by atoms with van der Waals surface area (Å²) in [7, 11) is 0. The number of aromatic amines is 1. The number of amides is 2. The molecule has 2 aliphatic carbocycles. The average molecular weight is 530 g/mol. The largest absolute Gasteiger partial charge is 0.493 e. The van der Waals surface area contributed by atoms with Crippen LogP contribution in [-0.2, 0) is 4.79 Å². The van der Waals surface area contributed by atoms with Crippen LogP contribution in [-0.4, -0.2) is 51.6 Å². The Morgan fingerprint density at radius 1 is 1.16 bits per heavy atom. The minimum Gasteiger partial charge on any atom is -0.493 e. The summed E-state index contributed by atoms with van der Waals surface area (Å²) >= 11 is 0. The number of nitrogens with zero attached hydrogens (tertiary/aromatic N) is 2. The molecule has 0 spiro atoms. The van der Waals surface area contributed by atoms with Crippen LogP contribution in [0.1, 0.15) is 67.1 Å². The number of hydrogen-bond donors (Lipinski definition) is 3. The van der Waals surface area contributed by atoms with Gasteiger partial charge in [0.15, 0.2) is 0 Å². The van der Waals surface area contributed by atoms with Gasteiger partial charge in [-0.05, 0) is 56.7 Å². The van der Waals surface area contributed by atoms with Crippen LogP contribution < -0.4 is 15.4 Å². The van der Waals surface area contributed by atoms with Crippen molar-refractivity contribution in [2.24, 2.45) is 5.92 Å². The van der Waals surface area contributed by atoms with Crippen molar-refractivity contribution in [3.63, 3.8) is 0 Å².